The summed E-state index contributed by atoms with van der Waals surface area (Å²) >= 11 is 0. The van der Waals surface area contributed by atoms with Gasteiger partial charge >= 0.3 is 0 Å². The van der Waals surface area contributed by atoms with Crippen molar-refractivity contribution in [3.8, 4) is 0 Å². The van der Waals surface area contributed by atoms with E-state index in [0.717, 1.165) is 0 Å². The molecule has 0 heterocycles. The van der Waals surface area contributed by atoms with E-state index >= 15 is 0 Å². The van der Waals surface area contributed by atoms with Crippen LogP contribution in [-0.2, 0) is 9.78 Å². The summed E-state index contributed by atoms with van der Waals surface area (Å²) in [5, 5.41) is 0. The molecule has 2 nitrogen and oxygen atoms in total. The zero-order valence-electron chi connectivity index (χ0n) is 6.21. The highest BCUT2D eigenvalue weighted by molar-refractivity contribution is 4.69. The van der Waals surface area contributed by atoms with Crippen LogP contribution in [0.5, 0.6) is 0 Å². The van der Waals surface area contributed by atoms with Crippen molar-refractivity contribution in [2.75, 3.05) is 0 Å². The van der Waals surface area contributed by atoms with Gasteiger partial charge in [-0.25, -0.2) is 9.78 Å². The Bertz CT molecular complexity index is 91.8. The summed E-state index contributed by atoms with van der Waals surface area (Å²) in [4.78, 5) is 10.4. The van der Waals surface area contributed by atoms with Gasteiger partial charge in [0.2, 0.25) is 0 Å². The Labute approximate surface area is 61.4 Å². The van der Waals surface area contributed by atoms with Gasteiger partial charge < -0.3 is 0 Å². The van der Waals surface area contributed by atoms with Crippen LogP contribution in [0.2, 0.25) is 0 Å². The second kappa shape index (κ2) is 2.89. The van der Waals surface area contributed by atoms with Gasteiger partial charge in [0.25, 0.3) is 0 Å². The van der Waals surface area contributed by atoms with Crippen molar-refractivity contribution < 1.29 is 9.78 Å². The van der Waals surface area contributed by atoms with Gasteiger partial charge in [-0.05, 0) is 38.5 Å². The molecule has 0 saturated heterocycles. The molecule has 2 saturated carbocycles. The summed E-state index contributed by atoms with van der Waals surface area (Å²) in [5.74, 6) is 0. The summed E-state index contributed by atoms with van der Waals surface area (Å²) in [6, 6.07) is 0. The zero-order valence-corrected chi connectivity index (χ0v) is 6.21. The molecule has 0 bridgehead atoms. The molecule has 2 aliphatic carbocycles. The van der Waals surface area contributed by atoms with Crippen LogP contribution >= 0.6 is 0 Å². The third-order valence-electron chi connectivity index (χ3n) is 2.43. The Morgan fingerprint density at radius 2 is 1.10 bits per heavy atom. The minimum atomic E-state index is 0.431. The fraction of sp³-hybridized carbons (Fsp3) is 1.00. The topological polar surface area (TPSA) is 18.5 Å². The monoisotopic (exact) mass is 142 g/mol. The quantitative estimate of drug-likeness (QED) is 0.443. The first-order valence-electron chi connectivity index (χ1n) is 4.27. The molecule has 0 aliphatic heterocycles. The summed E-state index contributed by atoms with van der Waals surface area (Å²) in [6.07, 6.45) is 8.30. The predicted octanol–water partition coefficient (Wildman–Crippen LogP) is 2.04. The highest BCUT2D eigenvalue weighted by Crippen LogP contribution is 2.27. The zero-order chi connectivity index (χ0) is 6.81. The van der Waals surface area contributed by atoms with Gasteiger partial charge in [0, 0.05) is 0 Å². The number of hydrogen-bond donors (Lipinski definition) is 0. The van der Waals surface area contributed by atoms with Gasteiger partial charge in [0.1, 0.15) is 0 Å². The lowest BCUT2D eigenvalue weighted by molar-refractivity contribution is -0.372. The summed E-state index contributed by atoms with van der Waals surface area (Å²) < 4.78 is 0. The van der Waals surface area contributed by atoms with Gasteiger partial charge in [0.15, 0.2) is 0 Å². The first-order valence-corrected chi connectivity index (χ1v) is 4.27. The van der Waals surface area contributed by atoms with E-state index in [1.165, 1.54) is 38.5 Å². The Balaban J connectivity index is 1.54. The van der Waals surface area contributed by atoms with Crippen LogP contribution in [0.4, 0.5) is 0 Å². The van der Waals surface area contributed by atoms with E-state index in [2.05, 4.69) is 0 Å². The average Bonchev–Trinajstić information content (AvgIpc) is 1.70. The van der Waals surface area contributed by atoms with Crippen molar-refractivity contribution in [2.24, 2.45) is 0 Å². The molecule has 58 valence electrons. The molecule has 2 aliphatic rings. The van der Waals surface area contributed by atoms with Crippen LogP contribution < -0.4 is 0 Å². The molecule has 2 heteroatoms. The van der Waals surface area contributed by atoms with Crippen molar-refractivity contribution in [3.63, 3.8) is 0 Å². The Hall–Kier alpha value is -0.0800. The molecule has 0 amide bonds. The van der Waals surface area contributed by atoms with Gasteiger partial charge in [-0.1, -0.05) is 0 Å². The first-order chi connectivity index (χ1) is 4.95. The SMILES string of the molecule is C1CC(OOC2CCC2)C1. The number of rotatable bonds is 3. The summed E-state index contributed by atoms with van der Waals surface area (Å²) in [7, 11) is 0. The fourth-order valence-electron chi connectivity index (χ4n) is 1.09. The molecule has 0 unspecified atom stereocenters. The van der Waals surface area contributed by atoms with E-state index in [1.807, 2.05) is 0 Å². The van der Waals surface area contributed by atoms with Gasteiger partial charge in [-0.15, -0.1) is 0 Å². The maximum absolute atomic E-state index is 5.18. The lowest BCUT2D eigenvalue weighted by atomic mass is 9.96. The van der Waals surface area contributed by atoms with E-state index in [-0.39, 0.29) is 0 Å². The highest BCUT2D eigenvalue weighted by Gasteiger charge is 2.24. The smallest absolute Gasteiger partial charge is 0.0930 e. The van der Waals surface area contributed by atoms with Crippen LogP contribution in [0.25, 0.3) is 0 Å². The first kappa shape index (κ1) is 6.62. The van der Waals surface area contributed by atoms with E-state index in [1.54, 1.807) is 0 Å². The summed E-state index contributed by atoms with van der Waals surface area (Å²) in [5.41, 5.74) is 0. The maximum atomic E-state index is 5.18. The van der Waals surface area contributed by atoms with Crippen LogP contribution in [0.3, 0.4) is 0 Å². The summed E-state index contributed by atoms with van der Waals surface area (Å²) in [6.45, 7) is 0. The van der Waals surface area contributed by atoms with Gasteiger partial charge in [0.05, 0.1) is 12.2 Å². The standard InChI is InChI=1S/C8H14O2/c1-3-7(4-1)9-10-8-5-2-6-8/h7-8H,1-6H2. The maximum Gasteiger partial charge on any atom is 0.0930 e. The van der Waals surface area contributed by atoms with Crippen molar-refractivity contribution in [1.82, 2.24) is 0 Å². The van der Waals surface area contributed by atoms with Gasteiger partial charge in [-0.3, -0.25) is 0 Å². The Morgan fingerprint density at radius 1 is 0.700 bits per heavy atom. The largest absolute Gasteiger partial charge is 0.233 e. The molecule has 0 atom stereocenters. The number of hydrogen-bond acceptors (Lipinski definition) is 2. The minimum absolute atomic E-state index is 0.431. The molecule has 2 fully saturated rings. The Kier molecular flexibility index (Phi) is 1.91. The van der Waals surface area contributed by atoms with Crippen molar-refractivity contribution in [2.45, 2.75) is 50.7 Å². The highest BCUT2D eigenvalue weighted by atomic mass is 17.2. The van der Waals surface area contributed by atoms with Crippen LogP contribution in [-0.4, -0.2) is 12.2 Å². The average molecular weight is 142 g/mol. The molecule has 0 N–H and O–H groups in total. The van der Waals surface area contributed by atoms with Crippen LogP contribution in [0.1, 0.15) is 38.5 Å². The van der Waals surface area contributed by atoms with Crippen LogP contribution in [0, 0.1) is 0 Å². The predicted molar refractivity (Wildman–Crippen MR) is 37.4 cm³/mol. The lowest BCUT2D eigenvalue weighted by Gasteiger charge is -2.29. The van der Waals surface area contributed by atoms with Crippen molar-refractivity contribution >= 4 is 0 Å². The minimum Gasteiger partial charge on any atom is -0.233 e. The Morgan fingerprint density at radius 3 is 1.30 bits per heavy atom. The molecule has 10 heavy (non-hydrogen) atoms. The molecule has 2 rings (SSSR count). The van der Waals surface area contributed by atoms with Crippen LogP contribution in [0.15, 0.2) is 0 Å². The van der Waals surface area contributed by atoms with E-state index < -0.39 is 0 Å². The van der Waals surface area contributed by atoms with Crippen molar-refractivity contribution in [3.05, 3.63) is 0 Å². The third kappa shape index (κ3) is 1.32. The second-order valence-corrected chi connectivity index (χ2v) is 3.30. The molecule has 0 aromatic rings. The van der Waals surface area contributed by atoms with Crippen molar-refractivity contribution in [1.29, 1.82) is 0 Å². The lowest BCUT2D eigenvalue weighted by Crippen LogP contribution is -2.28. The van der Waals surface area contributed by atoms with E-state index in [0.29, 0.717) is 12.2 Å². The molecule has 0 radical (unpaired) electrons. The van der Waals surface area contributed by atoms with E-state index in [4.69, 9.17) is 9.78 Å². The molecular weight excluding hydrogens is 128 g/mol. The third-order valence-corrected chi connectivity index (χ3v) is 2.43. The molecular formula is C8H14O2. The second-order valence-electron chi connectivity index (χ2n) is 3.30. The fourth-order valence-corrected chi connectivity index (χ4v) is 1.09. The molecule has 0 aromatic heterocycles. The van der Waals surface area contributed by atoms with E-state index in [9.17, 15) is 0 Å². The molecule has 0 spiro atoms. The van der Waals surface area contributed by atoms with Gasteiger partial charge in [-0.2, -0.15) is 0 Å². The normalized spacial score (nSPS) is 27.6. The molecule has 0 aromatic carbocycles.